The fraction of sp³-hybridized carbons (Fsp3) is 0.562. The molecule has 0 saturated heterocycles. The molecule has 3 nitrogen and oxygen atoms in total. The van der Waals surface area contributed by atoms with Gasteiger partial charge in [0.15, 0.2) is 5.96 Å². The molecule has 1 aliphatic heterocycles. The third kappa shape index (κ3) is 3.49. The number of unbranched alkanes of at least 4 members (excludes halogenated alkanes) is 3. The van der Waals surface area contributed by atoms with Gasteiger partial charge in [-0.25, -0.2) is 0 Å². The number of aliphatic imine (C=N–C) groups is 1. The normalized spacial score (nSPS) is 18.7. The summed E-state index contributed by atoms with van der Waals surface area (Å²) in [6.07, 6.45) is 6.48. The van der Waals surface area contributed by atoms with Gasteiger partial charge in [0.25, 0.3) is 0 Å². The van der Waals surface area contributed by atoms with E-state index >= 15 is 0 Å². The molecule has 0 aromatic heterocycles. The zero-order chi connectivity index (χ0) is 13.7. The van der Waals surface area contributed by atoms with Crippen LogP contribution >= 0.6 is 0 Å². The van der Waals surface area contributed by atoms with Crippen molar-refractivity contribution in [3.8, 4) is 0 Å². The van der Waals surface area contributed by atoms with Crippen LogP contribution in [0.15, 0.2) is 29.3 Å². The minimum absolute atomic E-state index is 0.314. The van der Waals surface area contributed by atoms with Crippen LogP contribution in [0.1, 0.15) is 49.8 Å². The van der Waals surface area contributed by atoms with Gasteiger partial charge in [-0.1, -0.05) is 50.5 Å². The van der Waals surface area contributed by atoms with Crippen molar-refractivity contribution in [3.05, 3.63) is 35.4 Å². The lowest BCUT2D eigenvalue weighted by molar-refractivity contribution is 0.414. The van der Waals surface area contributed by atoms with E-state index in [9.17, 15) is 0 Å². The van der Waals surface area contributed by atoms with E-state index in [1.807, 2.05) is 7.05 Å². The molecule has 1 aliphatic rings. The highest BCUT2D eigenvalue weighted by molar-refractivity contribution is 5.80. The fourth-order valence-corrected chi connectivity index (χ4v) is 2.57. The van der Waals surface area contributed by atoms with Gasteiger partial charge in [0.05, 0.1) is 12.6 Å². The summed E-state index contributed by atoms with van der Waals surface area (Å²) in [6.45, 7) is 3.03. The molecule has 2 N–H and O–H groups in total. The second-order valence-corrected chi connectivity index (χ2v) is 5.38. The number of guanidine groups is 1. The number of hydrogen-bond acceptors (Lipinski definition) is 3. The molecule has 0 saturated carbocycles. The van der Waals surface area contributed by atoms with E-state index in [2.05, 4.69) is 41.1 Å². The summed E-state index contributed by atoms with van der Waals surface area (Å²) < 4.78 is 0. The van der Waals surface area contributed by atoms with Crippen molar-refractivity contribution in [2.45, 2.75) is 45.1 Å². The molecular formula is C16H25N3. The Balaban J connectivity index is 1.88. The van der Waals surface area contributed by atoms with Crippen molar-refractivity contribution in [1.82, 2.24) is 4.90 Å². The van der Waals surface area contributed by atoms with Gasteiger partial charge in [-0.15, -0.1) is 0 Å². The van der Waals surface area contributed by atoms with Crippen LogP contribution in [0, 0.1) is 0 Å². The summed E-state index contributed by atoms with van der Waals surface area (Å²) in [4.78, 5) is 6.34. The smallest absolute Gasteiger partial charge is 0.191 e. The molecule has 0 radical (unpaired) electrons. The number of benzene rings is 1. The van der Waals surface area contributed by atoms with Crippen molar-refractivity contribution in [1.29, 1.82) is 0 Å². The first-order valence-corrected chi connectivity index (χ1v) is 7.34. The molecule has 1 aromatic rings. The van der Waals surface area contributed by atoms with Crippen molar-refractivity contribution < 1.29 is 0 Å². The zero-order valence-corrected chi connectivity index (χ0v) is 12.1. The zero-order valence-electron chi connectivity index (χ0n) is 12.1. The molecule has 0 amide bonds. The van der Waals surface area contributed by atoms with Crippen molar-refractivity contribution >= 4 is 5.96 Å². The van der Waals surface area contributed by atoms with Crippen LogP contribution in [-0.4, -0.2) is 24.5 Å². The lowest BCUT2D eigenvalue weighted by atomic mass is 10.0. The molecule has 0 fully saturated rings. The Hall–Kier alpha value is -1.51. The summed E-state index contributed by atoms with van der Waals surface area (Å²) >= 11 is 0. The summed E-state index contributed by atoms with van der Waals surface area (Å²) in [7, 11) is 2.01. The van der Waals surface area contributed by atoms with Gasteiger partial charge in [0.2, 0.25) is 0 Å². The first-order valence-electron chi connectivity index (χ1n) is 7.34. The van der Waals surface area contributed by atoms with Gasteiger partial charge < -0.3 is 10.6 Å². The predicted molar refractivity (Wildman–Crippen MR) is 81.3 cm³/mol. The highest BCUT2D eigenvalue weighted by atomic mass is 15.3. The number of likely N-dealkylation sites (N-methyl/N-ethyl adjacent to an activating group) is 1. The van der Waals surface area contributed by atoms with Gasteiger partial charge in [0, 0.05) is 7.05 Å². The van der Waals surface area contributed by atoms with Gasteiger partial charge in [0.1, 0.15) is 0 Å². The lowest BCUT2D eigenvalue weighted by Gasteiger charge is -2.21. The number of rotatable bonds is 6. The Morgan fingerprint density at radius 2 is 1.95 bits per heavy atom. The van der Waals surface area contributed by atoms with E-state index in [0.29, 0.717) is 12.0 Å². The van der Waals surface area contributed by atoms with E-state index in [1.165, 1.54) is 43.2 Å². The predicted octanol–water partition coefficient (Wildman–Crippen LogP) is 3.11. The Morgan fingerprint density at radius 3 is 2.53 bits per heavy atom. The second kappa shape index (κ2) is 6.60. The molecule has 104 valence electrons. The largest absolute Gasteiger partial charge is 0.370 e. The molecule has 0 spiro atoms. The molecule has 0 bridgehead atoms. The van der Waals surface area contributed by atoms with Crippen LogP contribution in [0.2, 0.25) is 0 Å². The van der Waals surface area contributed by atoms with E-state index < -0.39 is 0 Å². The molecule has 1 aromatic carbocycles. The maximum atomic E-state index is 5.81. The van der Waals surface area contributed by atoms with Crippen LogP contribution in [0.25, 0.3) is 0 Å². The lowest BCUT2D eigenvalue weighted by Crippen LogP contribution is -2.32. The molecule has 0 aliphatic carbocycles. The van der Waals surface area contributed by atoms with Crippen LogP contribution in [0.5, 0.6) is 0 Å². The average Bonchev–Trinajstić information content (AvgIpc) is 2.76. The SMILES string of the molecule is CCCCCCc1ccc(C2CN=C(N)N2C)cc1. The topological polar surface area (TPSA) is 41.6 Å². The highest BCUT2D eigenvalue weighted by Crippen LogP contribution is 2.24. The Labute approximate surface area is 116 Å². The fourth-order valence-electron chi connectivity index (χ4n) is 2.57. The number of nitrogens with zero attached hydrogens (tertiary/aromatic N) is 2. The van der Waals surface area contributed by atoms with Gasteiger partial charge in [-0.2, -0.15) is 0 Å². The molecule has 3 heteroatoms. The van der Waals surface area contributed by atoms with Crippen LogP contribution in [0.3, 0.4) is 0 Å². The monoisotopic (exact) mass is 259 g/mol. The molecule has 2 rings (SSSR count). The molecule has 1 heterocycles. The molecular weight excluding hydrogens is 234 g/mol. The summed E-state index contributed by atoms with van der Waals surface area (Å²) in [5.41, 5.74) is 8.55. The number of nitrogens with two attached hydrogens (primary N) is 1. The third-order valence-corrected chi connectivity index (χ3v) is 3.94. The van der Waals surface area contributed by atoms with Crippen LogP contribution in [-0.2, 0) is 6.42 Å². The standard InChI is InChI=1S/C16H25N3/c1-3-4-5-6-7-13-8-10-14(11-9-13)15-12-18-16(17)19(15)2/h8-11,15H,3-7,12H2,1-2H3,(H2,17,18). The maximum Gasteiger partial charge on any atom is 0.191 e. The van der Waals surface area contributed by atoms with E-state index in [-0.39, 0.29) is 0 Å². The summed E-state index contributed by atoms with van der Waals surface area (Å²) in [5.74, 6) is 0.647. The van der Waals surface area contributed by atoms with Crippen molar-refractivity contribution in [3.63, 3.8) is 0 Å². The molecule has 19 heavy (non-hydrogen) atoms. The Bertz CT molecular complexity index is 422. The van der Waals surface area contributed by atoms with Gasteiger partial charge in [-0.3, -0.25) is 4.99 Å². The number of aryl methyl sites for hydroxylation is 1. The highest BCUT2D eigenvalue weighted by Gasteiger charge is 2.23. The Morgan fingerprint density at radius 1 is 1.21 bits per heavy atom. The van der Waals surface area contributed by atoms with Gasteiger partial charge in [-0.05, 0) is 24.0 Å². The maximum absolute atomic E-state index is 5.81. The molecule has 1 unspecified atom stereocenters. The van der Waals surface area contributed by atoms with Crippen LogP contribution in [0.4, 0.5) is 0 Å². The quantitative estimate of drug-likeness (QED) is 0.798. The third-order valence-electron chi connectivity index (χ3n) is 3.94. The summed E-state index contributed by atoms with van der Waals surface area (Å²) in [5, 5.41) is 0. The number of hydrogen-bond donors (Lipinski definition) is 1. The van der Waals surface area contributed by atoms with E-state index in [0.717, 1.165) is 6.54 Å². The Kier molecular flexibility index (Phi) is 4.83. The van der Waals surface area contributed by atoms with Crippen LogP contribution < -0.4 is 5.73 Å². The minimum atomic E-state index is 0.314. The minimum Gasteiger partial charge on any atom is -0.370 e. The van der Waals surface area contributed by atoms with Crippen molar-refractivity contribution in [2.24, 2.45) is 10.7 Å². The van der Waals surface area contributed by atoms with Crippen molar-refractivity contribution in [2.75, 3.05) is 13.6 Å². The second-order valence-electron chi connectivity index (χ2n) is 5.38. The summed E-state index contributed by atoms with van der Waals surface area (Å²) in [6, 6.07) is 9.27. The average molecular weight is 259 g/mol. The van der Waals surface area contributed by atoms with E-state index in [1.54, 1.807) is 0 Å². The first-order chi connectivity index (χ1) is 9.22. The first kappa shape index (κ1) is 13.9. The van der Waals surface area contributed by atoms with E-state index in [4.69, 9.17) is 5.73 Å². The molecule has 1 atom stereocenters. The van der Waals surface area contributed by atoms with Gasteiger partial charge >= 0.3 is 0 Å².